The van der Waals surface area contributed by atoms with E-state index in [1.165, 1.54) is 0 Å². The van der Waals surface area contributed by atoms with E-state index in [1.807, 2.05) is 64.2 Å². The Balaban J connectivity index is 1.94. The van der Waals surface area contributed by atoms with Crippen LogP contribution in [0.3, 0.4) is 0 Å². The Hall–Kier alpha value is -3.41. The normalized spacial score (nSPS) is 10.7. The Kier molecular flexibility index (Phi) is 3.55. The summed E-state index contributed by atoms with van der Waals surface area (Å²) in [7, 11) is 1.65. The first kappa shape index (κ1) is 14.2. The third-order valence-corrected chi connectivity index (χ3v) is 3.72. The van der Waals surface area contributed by atoms with Crippen LogP contribution in [0.4, 0.5) is 17.3 Å². The predicted octanol–water partition coefficient (Wildman–Crippen LogP) is 3.60. The molecule has 0 atom stereocenters. The van der Waals surface area contributed by atoms with Crippen molar-refractivity contribution in [3.8, 4) is 5.75 Å². The highest BCUT2D eigenvalue weighted by Crippen LogP contribution is 2.34. The zero-order chi connectivity index (χ0) is 16.4. The minimum absolute atomic E-state index is 0.705. The lowest BCUT2D eigenvalue weighted by atomic mass is 10.2. The highest BCUT2D eigenvalue weighted by atomic mass is 16.5. The van der Waals surface area contributed by atoms with E-state index in [9.17, 15) is 0 Å². The molecular weight excluding hydrogens is 302 g/mol. The number of nitrogens with zero attached hydrogens (tertiary/aromatic N) is 5. The van der Waals surface area contributed by atoms with E-state index in [1.54, 1.807) is 25.7 Å². The summed E-state index contributed by atoms with van der Waals surface area (Å²) >= 11 is 0. The quantitative estimate of drug-likeness (QED) is 0.575. The number of pyridine rings is 1. The van der Waals surface area contributed by atoms with Crippen molar-refractivity contribution in [2.24, 2.45) is 0 Å². The Morgan fingerprint density at radius 2 is 1.96 bits per heavy atom. The summed E-state index contributed by atoms with van der Waals surface area (Å²) in [5, 5.41) is 0. The van der Waals surface area contributed by atoms with Gasteiger partial charge in [0, 0.05) is 24.7 Å². The highest BCUT2D eigenvalue weighted by molar-refractivity contribution is 5.74. The molecule has 0 saturated carbocycles. The van der Waals surface area contributed by atoms with E-state index >= 15 is 0 Å². The van der Waals surface area contributed by atoms with Crippen molar-refractivity contribution in [1.82, 2.24) is 19.4 Å². The summed E-state index contributed by atoms with van der Waals surface area (Å²) in [6, 6.07) is 13.7. The minimum Gasteiger partial charge on any atom is -0.497 e. The zero-order valence-corrected chi connectivity index (χ0v) is 13.1. The van der Waals surface area contributed by atoms with Crippen LogP contribution in [-0.4, -0.2) is 26.5 Å². The number of fused-ring (bicyclic) bond motifs is 1. The van der Waals surface area contributed by atoms with E-state index in [2.05, 4.69) is 15.0 Å². The van der Waals surface area contributed by atoms with Gasteiger partial charge in [0.15, 0.2) is 5.82 Å². The number of aromatic nitrogens is 4. The van der Waals surface area contributed by atoms with Crippen molar-refractivity contribution in [1.29, 1.82) is 0 Å². The SMILES string of the molecule is COc1cccc(N(c2cnccn2)c2cnc3ccccn23)c1. The maximum Gasteiger partial charge on any atom is 0.157 e. The summed E-state index contributed by atoms with van der Waals surface area (Å²) in [6.07, 6.45) is 8.85. The van der Waals surface area contributed by atoms with Gasteiger partial charge in [0.05, 0.1) is 25.2 Å². The van der Waals surface area contributed by atoms with E-state index in [0.29, 0.717) is 5.82 Å². The largest absolute Gasteiger partial charge is 0.497 e. The van der Waals surface area contributed by atoms with Crippen LogP contribution in [0.1, 0.15) is 0 Å². The van der Waals surface area contributed by atoms with Gasteiger partial charge in [-0.05, 0) is 24.3 Å². The Morgan fingerprint density at radius 1 is 1.00 bits per heavy atom. The number of imidazole rings is 1. The number of hydrogen-bond acceptors (Lipinski definition) is 5. The number of methoxy groups -OCH3 is 1. The molecule has 1 aromatic carbocycles. The van der Waals surface area contributed by atoms with Crippen LogP contribution in [0.15, 0.2) is 73.4 Å². The average molecular weight is 317 g/mol. The van der Waals surface area contributed by atoms with E-state index in [4.69, 9.17) is 4.74 Å². The van der Waals surface area contributed by atoms with Crippen LogP contribution in [0.5, 0.6) is 5.75 Å². The fourth-order valence-electron chi connectivity index (χ4n) is 2.62. The molecule has 3 heterocycles. The van der Waals surface area contributed by atoms with Crippen LogP contribution in [0, 0.1) is 0 Å². The average Bonchev–Trinajstić information content (AvgIpc) is 3.07. The molecule has 0 unspecified atom stereocenters. The topological polar surface area (TPSA) is 55.5 Å². The van der Waals surface area contributed by atoms with E-state index in [0.717, 1.165) is 22.9 Å². The molecule has 4 rings (SSSR count). The van der Waals surface area contributed by atoms with Crippen LogP contribution in [-0.2, 0) is 0 Å². The molecule has 0 aliphatic rings. The zero-order valence-electron chi connectivity index (χ0n) is 13.1. The molecule has 0 N–H and O–H groups in total. The smallest absolute Gasteiger partial charge is 0.157 e. The second kappa shape index (κ2) is 6.00. The van der Waals surface area contributed by atoms with Crippen molar-refractivity contribution in [3.05, 3.63) is 73.4 Å². The predicted molar refractivity (Wildman–Crippen MR) is 92.0 cm³/mol. The van der Waals surface area contributed by atoms with Gasteiger partial charge in [-0.25, -0.2) is 9.97 Å². The molecule has 0 aliphatic heterocycles. The molecule has 3 aromatic heterocycles. The van der Waals surface area contributed by atoms with Gasteiger partial charge in [-0.3, -0.25) is 14.3 Å². The molecule has 24 heavy (non-hydrogen) atoms. The van der Waals surface area contributed by atoms with Gasteiger partial charge in [-0.1, -0.05) is 12.1 Å². The van der Waals surface area contributed by atoms with Gasteiger partial charge in [0.25, 0.3) is 0 Å². The lowest BCUT2D eigenvalue weighted by Gasteiger charge is -2.23. The van der Waals surface area contributed by atoms with Gasteiger partial charge in [0.2, 0.25) is 0 Å². The number of ether oxygens (including phenoxy) is 1. The molecule has 0 saturated heterocycles. The molecule has 4 aromatic rings. The fourth-order valence-corrected chi connectivity index (χ4v) is 2.62. The first-order valence-corrected chi connectivity index (χ1v) is 7.49. The third kappa shape index (κ3) is 2.44. The molecule has 0 amide bonds. The molecule has 0 bridgehead atoms. The maximum absolute atomic E-state index is 5.36. The molecule has 0 radical (unpaired) electrons. The van der Waals surface area contributed by atoms with E-state index in [-0.39, 0.29) is 0 Å². The first-order chi connectivity index (χ1) is 11.9. The summed E-state index contributed by atoms with van der Waals surface area (Å²) in [5.41, 5.74) is 1.78. The van der Waals surface area contributed by atoms with Crippen LogP contribution < -0.4 is 9.64 Å². The number of anilines is 3. The fraction of sp³-hybridized carbons (Fsp3) is 0.0556. The van der Waals surface area contributed by atoms with Gasteiger partial charge in [0.1, 0.15) is 17.2 Å². The Morgan fingerprint density at radius 3 is 2.79 bits per heavy atom. The van der Waals surface area contributed by atoms with Crippen LogP contribution in [0.2, 0.25) is 0 Å². The second-order valence-electron chi connectivity index (χ2n) is 5.15. The standard InChI is InChI=1S/C18H15N5O/c1-24-15-6-4-5-14(11-15)23(17-12-19-8-9-20-17)18-13-21-16-7-2-3-10-22(16)18/h2-13H,1H3. The van der Waals surface area contributed by atoms with Crippen LogP contribution in [0.25, 0.3) is 5.65 Å². The van der Waals surface area contributed by atoms with Gasteiger partial charge >= 0.3 is 0 Å². The van der Waals surface area contributed by atoms with E-state index < -0.39 is 0 Å². The Bertz CT molecular complexity index is 967. The molecule has 6 heteroatoms. The molecule has 0 spiro atoms. The van der Waals surface area contributed by atoms with Crippen LogP contribution >= 0.6 is 0 Å². The molecular formula is C18H15N5O. The maximum atomic E-state index is 5.36. The minimum atomic E-state index is 0.705. The van der Waals surface area contributed by atoms with Gasteiger partial charge in [-0.15, -0.1) is 0 Å². The van der Waals surface area contributed by atoms with Gasteiger partial charge in [-0.2, -0.15) is 0 Å². The summed E-state index contributed by atoms with van der Waals surface area (Å²) in [6.45, 7) is 0. The lowest BCUT2D eigenvalue weighted by Crippen LogP contribution is -2.13. The summed E-state index contributed by atoms with van der Waals surface area (Å²) in [5.74, 6) is 2.35. The van der Waals surface area contributed by atoms with Crippen molar-refractivity contribution < 1.29 is 4.74 Å². The Labute approximate surface area is 139 Å². The number of hydrogen-bond donors (Lipinski definition) is 0. The second-order valence-corrected chi connectivity index (χ2v) is 5.15. The molecule has 0 fully saturated rings. The lowest BCUT2D eigenvalue weighted by molar-refractivity contribution is 0.415. The third-order valence-electron chi connectivity index (χ3n) is 3.72. The van der Waals surface area contributed by atoms with Crippen molar-refractivity contribution in [2.45, 2.75) is 0 Å². The number of benzene rings is 1. The summed E-state index contributed by atoms with van der Waals surface area (Å²) in [4.78, 5) is 15.1. The molecule has 118 valence electrons. The van der Waals surface area contributed by atoms with Crippen molar-refractivity contribution in [2.75, 3.05) is 12.0 Å². The summed E-state index contributed by atoms with van der Waals surface area (Å²) < 4.78 is 7.37. The monoisotopic (exact) mass is 317 g/mol. The number of rotatable bonds is 4. The molecule has 6 nitrogen and oxygen atoms in total. The van der Waals surface area contributed by atoms with Gasteiger partial charge < -0.3 is 4.74 Å². The van der Waals surface area contributed by atoms with Crippen molar-refractivity contribution in [3.63, 3.8) is 0 Å². The molecule has 0 aliphatic carbocycles. The highest BCUT2D eigenvalue weighted by Gasteiger charge is 2.18. The van der Waals surface area contributed by atoms with Crippen molar-refractivity contribution >= 4 is 23.0 Å². The first-order valence-electron chi connectivity index (χ1n) is 7.49.